The van der Waals surface area contributed by atoms with Gasteiger partial charge in [-0.1, -0.05) is 12.1 Å². The van der Waals surface area contributed by atoms with Gasteiger partial charge in [0.05, 0.1) is 0 Å². The molecule has 0 aliphatic rings. The van der Waals surface area contributed by atoms with Gasteiger partial charge in [0.2, 0.25) is 0 Å². The van der Waals surface area contributed by atoms with Crippen molar-refractivity contribution < 1.29 is 5.11 Å². The molecule has 72 valence electrons. The Morgan fingerprint density at radius 2 is 1.67 bits per heavy atom. The van der Waals surface area contributed by atoms with Gasteiger partial charge in [-0.3, -0.25) is 0 Å². The van der Waals surface area contributed by atoms with Crippen molar-refractivity contribution in [3.8, 4) is 22.9 Å². The summed E-state index contributed by atoms with van der Waals surface area (Å²) in [6.45, 7) is 0. The number of aromatic hydroxyl groups is 1. The lowest BCUT2D eigenvalue weighted by atomic mass is 10.1. The topological polar surface area (TPSA) is 56.9 Å². The average molecular weight is 196 g/mol. The molecule has 2 aromatic rings. The molecule has 0 unspecified atom stereocenters. The monoisotopic (exact) mass is 196 g/mol. The van der Waals surface area contributed by atoms with E-state index in [0.29, 0.717) is 5.69 Å². The van der Waals surface area contributed by atoms with Crippen molar-refractivity contribution in [3.05, 3.63) is 48.3 Å². The van der Waals surface area contributed by atoms with Crippen molar-refractivity contribution in [2.75, 3.05) is 0 Å². The molecule has 1 aromatic carbocycles. The molecule has 0 bridgehead atoms. The Kier molecular flexibility index (Phi) is 2.34. The molecule has 0 spiro atoms. The molecule has 1 aromatic heterocycles. The first kappa shape index (κ1) is 9.22. The highest BCUT2D eigenvalue weighted by atomic mass is 16.3. The lowest BCUT2D eigenvalue weighted by Gasteiger charge is -2.00. The minimum atomic E-state index is 0.236. The van der Waals surface area contributed by atoms with E-state index in [4.69, 9.17) is 10.4 Å². The Balaban J connectivity index is 2.38. The van der Waals surface area contributed by atoms with Gasteiger partial charge in [-0.2, -0.15) is 5.26 Å². The third-order valence-electron chi connectivity index (χ3n) is 2.08. The van der Waals surface area contributed by atoms with Crippen molar-refractivity contribution in [3.63, 3.8) is 0 Å². The highest BCUT2D eigenvalue weighted by Crippen LogP contribution is 2.20. The molecule has 1 N–H and O–H groups in total. The Hall–Kier alpha value is -2.34. The van der Waals surface area contributed by atoms with Crippen LogP contribution in [0.25, 0.3) is 11.1 Å². The fourth-order valence-corrected chi connectivity index (χ4v) is 1.28. The first-order valence-corrected chi connectivity index (χ1v) is 4.45. The standard InChI is InChI=1S/C12H8N2O/c13-7-11-4-1-10(8-14-11)9-2-5-12(15)6-3-9/h1-6,8,15H. The van der Waals surface area contributed by atoms with E-state index in [9.17, 15) is 0 Å². The van der Waals surface area contributed by atoms with Gasteiger partial charge >= 0.3 is 0 Å². The van der Waals surface area contributed by atoms with Crippen LogP contribution in [-0.2, 0) is 0 Å². The number of phenols is 1. The molecule has 0 aliphatic carbocycles. The number of phenolic OH excluding ortho intramolecular Hbond substituents is 1. The van der Waals surface area contributed by atoms with E-state index in [0.717, 1.165) is 11.1 Å². The van der Waals surface area contributed by atoms with Gasteiger partial charge in [-0.25, -0.2) is 4.98 Å². The van der Waals surface area contributed by atoms with Crippen molar-refractivity contribution in [1.82, 2.24) is 4.98 Å². The SMILES string of the molecule is N#Cc1ccc(-c2ccc(O)cc2)cn1. The summed E-state index contributed by atoms with van der Waals surface area (Å²) in [4.78, 5) is 3.97. The zero-order valence-corrected chi connectivity index (χ0v) is 7.88. The summed E-state index contributed by atoms with van der Waals surface area (Å²) in [5.74, 6) is 0.236. The van der Waals surface area contributed by atoms with Gasteiger partial charge < -0.3 is 5.11 Å². The summed E-state index contributed by atoms with van der Waals surface area (Å²) < 4.78 is 0. The molecular formula is C12H8N2O. The van der Waals surface area contributed by atoms with Crippen molar-refractivity contribution >= 4 is 0 Å². The molecule has 0 radical (unpaired) electrons. The van der Waals surface area contributed by atoms with E-state index >= 15 is 0 Å². The molecule has 1 heterocycles. The van der Waals surface area contributed by atoms with Crippen LogP contribution in [0.4, 0.5) is 0 Å². The number of benzene rings is 1. The smallest absolute Gasteiger partial charge is 0.140 e. The molecule has 2 rings (SSSR count). The van der Waals surface area contributed by atoms with Crippen LogP contribution >= 0.6 is 0 Å². The first-order chi connectivity index (χ1) is 7.29. The fraction of sp³-hybridized carbons (Fsp3) is 0. The number of rotatable bonds is 1. The summed E-state index contributed by atoms with van der Waals surface area (Å²) in [6, 6.07) is 12.3. The number of aromatic nitrogens is 1. The summed E-state index contributed by atoms with van der Waals surface area (Å²) >= 11 is 0. The Morgan fingerprint density at radius 1 is 1.00 bits per heavy atom. The maximum atomic E-state index is 9.13. The highest BCUT2D eigenvalue weighted by Gasteiger charge is 1.98. The number of hydrogen-bond acceptors (Lipinski definition) is 3. The van der Waals surface area contributed by atoms with Gasteiger partial charge in [-0.05, 0) is 29.8 Å². The van der Waals surface area contributed by atoms with Crippen LogP contribution in [0.2, 0.25) is 0 Å². The average Bonchev–Trinajstić information content (AvgIpc) is 2.30. The number of pyridine rings is 1. The van der Waals surface area contributed by atoms with Crippen LogP contribution in [0.1, 0.15) is 5.69 Å². The van der Waals surface area contributed by atoms with E-state index in [1.807, 2.05) is 12.1 Å². The Bertz CT molecular complexity index is 495. The molecule has 15 heavy (non-hydrogen) atoms. The maximum Gasteiger partial charge on any atom is 0.140 e. The number of nitrogens with zero attached hydrogens (tertiary/aromatic N) is 2. The molecule has 0 atom stereocenters. The van der Waals surface area contributed by atoms with Crippen LogP contribution in [0, 0.1) is 11.3 Å². The van der Waals surface area contributed by atoms with E-state index in [2.05, 4.69) is 4.98 Å². The number of hydrogen-bond donors (Lipinski definition) is 1. The largest absolute Gasteiger partial charge is 0.508 e. The van der Waals surface area contributed by atoms with Crippen LogP contribution in [0.3, 0.4) is 0 Å². The molecule has 0 amide bonds. The fourth-order valence-electron chi connectivity index (χ4n) is 1.28. The quantitative estimate of drug-likeness (QED) is 0.761. The van der Waals surface area contributed by atoms with Crippen molar-refractivity contribution in [2.24, 2.45) is 0 Å². The zero-order valence-electron chi connectivity index (χ0n) is 7.88. The summed E-state index contributed by atoms with van der Waals surface area (Å²) in [5.41, 5.74) is 2.29. The summed E-state index contributed by atoms with van der Waals surface area (Å²) in [6.07, 6.45) is 1.64. The summed E-state index contributed by atoms with van der Waals surface area (Å²) in [5, 5.41) is 17.7. The molecule has 0 saturated carbocycles. The molecule has 3 nitrogen and oxygen atoms in total. The van der Waals surface area contributed by atoms with E-state index in [1.165, 1.54) is 0 Å². The molecule has 0 aliphatic heterocycles. The highest BCUT2D eigenvalue weighted by molar-refractivity contribution is 5.63. The normalized spacial score (nSPS) is 9.53. The van der Waals surface area contributed by atoms with Crippen LogP contribution < -0.4 is 0 Å². The minimum absolute atomic E-state index is 0.236. The maximum absolute atomic E-state index is 9.13. The van der Waals surface area contributed by atoms with Gasteiger partial charge in [0, 0.05) is 11.8 Å². The molecule has 0 saturated heterocycles. The van der Waals surface area contributed by atoms with Crippen molar-refractivity contribution in [2.45, 2.75) is 0 Å². The van der Waals surface area contributed by atoms with E-state index in [1.54, 1.807) is 36.5 Å². The first-order valence-electron chi connectivity index (χ1n) is 4.45. The second-order valence-electron chi connectivity index (χ2n) is 3.09. The Morgan fingerprint density at radius 3 is 2.20 bits per heavy atom. The second-order valence-corrected chi connectivity index (χ2v) is 3.09. The Labute approximate surface area is 87.3 Å². The van der Waals surface area contributed by atoms with Gasteiger partial charge in [0.25, 0.3) is 0 Å². The van der Waals surface area contributed by atoms with Crippen LogP contribution in [-0.4, -0.2) is 10.1 Å². The minimum Gasteiger partial charge on any atom is -0.508 e. The predicted octanol–water partition coefficient (Wildman–Crippen LogP) is 2.33. The van der Waals surface area contributed by atoms with Crippen molar-refractivity contribution in [1.29, 1.82) is 5.26 Å². The van der Waals surface area contributed by atoms with Crippen LogP contribution in [0.5, 0.6) is 5.75 Å². The van der Waals surface area contributed by atoms with Gasteiger partial charge in [-0.15, -0.1) is 0 Å². The summed E-state index contributed by atoms with van der Waals surface area (Å²) in [7, 11) is 0. The van der Waals surface area contributed by atoms with Gasteiger partial charge in [0.15, 0.2) is 0 Å². The van der Waals surface area contributed by atoms with Gasteiger partial charge in [0.1, 0.15) is 17.5 Å². The van der Waals surface area contributed by atoms with E-state index < -0.39 is 0 Å². The third kappa shape index (κ3) is 1.94. The second kappa shape index (κ2) is 3.81. The lowest BCUT2D eigenvalue weighted by molar-refractivity contribution is 0.475. The third-order valence-corrected chi connectivity index (χ3v) is 2.08. The molecule has 3 heteroatoms. The lowest BCUT2D eigenvalue weighted by Crippen LogP contribution is -1.83. The zero-order chi connectivity index (χ0) is 10.7. The van der Waals surface area contributed by atoms with Crippen LogP contribution in [0.15, 0.2) is 42.6 Å². The molecular weight excluding hydrogens is 188 g/mol. The predicted molar refractivity (Wildman–Crippen MR) is 56.1 cm³/mol. The molecule has 0 fully saturated rings. The van der Waals surface area contributed by atoms with E-state index in [-0.39, 0.29) is 5.75 Å². The number of nitriles is 1.